The average Bonchev–Trinajstić information content (AvgIpc) is 3.11. The number of nitrogens with one attached hydrogen (secondary N) is 1. The van der Waals surface area contributed by atoms with Crippen LogP contribution in [0.3, 0.4) is 0 Å². The van der Waals surface area contributed by atoms with Crippen molar-refractivity contribution < 1.29 is 8.42 Å². The Kier molecular flexibility index (Phi) is 4.62. The first-order valence-electron chi connectivity index (χ1n) is 7.60. The minimum atomic E-state index is -3.61. The molecule has 0 aliphatic carbocycles. The molecule has 0 atom stereocenters. The van der Waals surface area contributed by atoms with E-state index in [0.717, 1.165) is 18.7 Å². The first-order valence-corrected chi connectivity index (χ1v) is 9.08. The van der Waals surface area contributed by atoms with E-state index >= 15 is 0 Å². The number of nitrogens with zero attached hydrogens (tertiary/aromatic N) is 2. The van der Waals surface area contributed by atoms with E-state index in [4.69, 9.17) is 0 Å². The van der Waals surface area contributed by atoms with E-state index in [1.54, 1.807) is 18.2 Å². The minimum Gasteiger partial charge on any atom is -0.372 e. The Balaban J connectivity index is 1.64. The Hall–Kier alpha value is -2.34. The highest BCUT2D eigenvalue weighted by Gasteiger charge is 2.12. The second-order valence-corrected chi connectivity index (χ2v) is 7.11. The van der Waals surface area contributed by atoms with Crippen LogP contribution in [0.1, 0.15) is 18.4 Å². The van der Waals surface area contributed by atoms with Gasteiger partial charge in [0.05, 0.1) is 11.1 Å². The Morgan fingerprint density at radius 3 is 2.26 bits per heavy atom. The topological polar surface area (TPSA) is 61.8 Å². The van der Waals surface area contributed by atoms with Crippen molar-refractivity contribution in [2.75, 3.05) is 18.0 Å². The van der Waals surface area contributed by atoms with Gasteiger partial charge in [0.1, 0.15) is 0 Å². The molecule has 0 saturated carbocycles. The smallest absolute Gasteiger partial charge is 0.276 e. The summed E-state index contributed by atoms with van der Waals surface area (Å²) in [5.74, 6) is 0. The number of hydrogen-bond donors (Lipinski definition) is 1. The summed E-state index contributed by atoms with van der Waals surface area (Å²) in [4.78, 5) is 4.77. The predicted molar refractivity (Wildman–Crippen MR) is 92.2 cm³/mol. The molecule has 1 aliphatic heterocycles. The fourth-order valence-corrected chi connectivity index (χ4v) is 3.38. The zero-order chi connectivity index (χ0) is 16.1. The second kappa shape index (κ2) is 6.83. The lowest BCUT2D eigenvalue weighted by Crippen LogP contribution is -2.18. The van der Waals surface area contributed by atoms with Crippen molar-refractivity contribution in [1.29, 1.82) is 0 Å². The third-order valence-electron chi connectivity index (χ3n) is 3.80. The van der Waals surface area contributed by atoms with Gasteiger partial charge in [-0.2, -0.15) is 13.5 Å². The fraction of sp³-hybridized carbons (Fsp3) is 0.235. The molecule has 2 aromatic rings. The molecule has 1 N–H and O–H groups in total. The fourth-order valence-electron chi connectivity index (χ4n) is 2.57. The molecule has 120 valence electrons. The van der Waals surface area contributed by atoms with Gasteiger partial charge in [-0.1, -0.05) is 30.3 Å². The lowest BCUT2D eigenvalue weighted by atomic mass is 10.2. The average molecular weight is 329 g/mol. The molecule has 0 spiro atoms. The molecule has 1 fully saturated rings. The van der Waals surface area contributed by atoms with E-state index in [2.05, 4.69) is 14.8 Å². The van der Waals surface area contributed by atoms with E-state index in [0.29, 0.717) is 0 Å². The monoisotopic (exact) mass is 329 g/mol. The maximum absolute atomic E-state index is 12.0. The van der Waals surface area contributed by atoms with E-state index in [1.807, 2.05) is 24.3 Å². The Morgan fingerprint density at radius 2 is 1.61 bits per heavy atom. The summed E-state index contributed by atoms with van der Waals surface area (Å²) < 4.78 is 24.0. The van der Waals surface area contributed by atoms with Crippen LogP contribution in [0, 0.1) is 0 Å². The molecular formula is C17H19N3O2S. The number of anilines is 1. The van der Waals surface area contributed by atoms with Gasteiger partial charge in [-0.25, -0.2) is 4.83 Å². The van der Waals surface area contributed by atoms with Gasteiger partial charge in [0, 0.05) is 18.8 Å². The molecule has 0 aromatic heterocycles. The Bertz CT molecular complexity index is 765. The Labute approximate surface area is 136 Å². The first kappa shape index (κ1) is 15.6. The maximum Gasteiger partial charge on any atom is 0.276 e. The maximum atomic E-state index is 12.0. The van der Waals surface area contributed by atoms with Crippen molar-refractivity contribution in [2.24, 2.45) is 5.10 Å². The van der Waals surface area contributed by atoms with Gasteiger partial charge in [0.25, 0.3) is 10.0 Å². The third-order valence-corrected chi connectivity index (χ3v) is 5.04. The van der Waals surface area contributed by atoms with E-state index < -0.39 is 10.0 Å². The zero-order valence-electron chi connectivity index (χ0n) is 12.7. The normalized spacial score (nSPS) is 15.2. The Morgan fingerprint density at radius 1 is 0.957 bits per heavy atom. The third kappa shape index (κ3) is 3.90. The van der Waals surface area contributed by atoms with Crippen LogP contribution < -0.4 is 9.73 Å². The van der Waals surface area contributed by atoms with Crippen LogP contribution in [0.2, 0.25) is 0 Å². The minimum absolute atomic E-state index is 0.196. The molecule has 6 heteroatoms. The summed E-state index contributed by atoms with van der Waals surface area (Å²) >= 11 is 0. The van der Waals surface area contributed by atoms with Gasteiger partial charge in [0.15, 0.2) is 0 Å². The van der Waals surface area contributed by atoms with Crippen LogP contribution in [-0.4, -0.2) is 27.7 Å². The predicted octanol–water partition coefficient (Wildman–Crippen LogP) is 2.60. The molecule has 0 bridgehead atoms. The standard InChI is InChI=1S/C17H19N3O2S/c21-23(22,17-6-2-1-3-7-17)19-18-14-15-8-10-16(11-9-15)20-12-4-5-13-20/h1-3,6-11,14,19H,4-5,12-13H2/b18-14+. The van der Waals surface area contributed by atoms with Gasteiger partial charge in [-0.15, -0.1) is 0 Å². The van der Waals surface area contributed by atoms with Crippen LogP contribution >= 0.6 is 0 Å². The SMILES string of the molecule is O=S(=O)(N/N=C/c1ccc(N2CCCC2)cc1)c1ccccc1. The summed E-state index contributed by atoms with van der Waals surface area (Å²) in [5, 5.41) is 3.84. The molecule has 0 radical (unpaired) electrons. The summed E-state index contributed by atoms with van der Waals surface area (Å²) in [7, 11) is -3.61. The van der Waals surface area contributed by atoms with Crippen LogP contribution in [0.15, 0.2) is 64.6 Å². The largest absolute Gasteiger partial charge is 0.372 e. The lowest BCUT2D eigenvalue weighted by Gasteiger charge is -2.17. The number of benzene rings is 2. The van der Waals surface area contributed by atoms with Crippen molar-refractivity contribution in [3.63, 3.8) is 0 Å². The summed E-state index contributed by atoms with van der Waals surface area (Å²) in [6, 6.07) is 16.1. The molecule has 5 nitrogen and oxygen atoms in total. The molecule has 23 heavy (non-hydrogen) atoms. The molecule has 0 unspecified atom stereocenters. The van der Waals surface area contributed by atoms with Crippen molar-refractivity contribution in [1.82, 2.24) is 4.83 Å². The highest BCUT2D eigenvalue weighted by Crippen LogP contribution is 2.19. The molecule has 1 heterocycles. The number of rotatable bonds is 5. The molecular weight excluding hydrogens is 310 g/mol. The number of hydrogen-bond acceptors (Lipinski definition) is 4. The summed E-state index contributed by atoms with van der Waals surface area (Å²) in [6.07, 6.45) is 3.99. The van der Waals surface area contributed by atoms with Crippen LogP contribution in [0.4, 0.5) is 5.69 Å². The molecule has 2 aromatic carbocycles. The van der Waals surface area contributed by atoms with Crippen molar-refractivity contribution in [3.8, 4) is 0 Å². The number of hydrazone groups is 1. The second-order valence-electron chi connectivity index (χ2n) is 5.45. The van der Waals surface area contributed by atoms with Crippen molar-refractivity contribution in [3.05, 3.63) is 60.2 Å². The molecule has 1 saturated heterocycles. The van der Waals surface area contributed by atoms with E-state index in [9.17, 15) is 8.42 Å². The molecule has 1 aliphatic rings. The van der Waals surface area contributed by atoms with Crippen molar-refractivity contribution >= 4 is 21.9 Å². The summed E-state index contributed by atoms with van der Waals surface area (Å²) in [5.41, 5.74) is 2.05. The molecule has 3 rings (SSSR count). The van der Waals surface area contributed by atoms with Gasteiger partial charge >= 0.3 is 0 Å². The quantitative estimate of drug-likeness (QED) is 0.677. The molecule has 0 amide bonds. The number of sulfonamides is 1. The van der Waals surface area contributed by atoms with Gasteiger partial charge < -0.3 is 4.90 Å². The first-order chi connectivity index (χ1) is 11.1. The highest BCUT2D eigenvalue weighted by molar-refractivity contribution is 7.89. The van der Waals surface area contributed by atoms with Crippen molar-refractivity contribution in [2.45, 2.75) is 17.7 Å². The zero-order valence-corrected chi connectivity index (χ0v) is 13.5. The van der Waals surface area contributed by atoms with Crippen LogP contribution in [0.5, 0.6) is 0 Å². The van der Waals surface area contributed by atoms with Gasteiger partial charge in [-0.3, -0.25) is 0 Å². The lowest BCUT2D eigenvalue weighted by molar-refractivity contribution is 0.584. The summed E-state index contributed by atoms with van der Waals surface area (Å²) in [6.45, 7) is 2.20. The highest BCUT2D eigenvalue weighted by atomic mass is 32.2. The van der Waals surface area contributed by atoms with Gasteiger partial charge in [0.2, 0.25) is 0 Å². The van der Waals surface area contributed by atoms with E-state index in [1.165, 1.54) is 36.9 Å². The van der Waals surface area contributed by atoms with Gasteiger partial charge in [-0.05, 0) is 42.7 Å². The van der Waals surface area contributed by atoms with E-state index in [-0.39, 0.29) is 4.90 Å². The van der Waals surface area contributed by atoms with Crippen LogP contribution in [-0.2, 0) is 10.0 Å². The van der Waals surface area contributed by atoms with Crippen LogP contribution in [0.25, 0.3) is 0 Å².